The number of nitro benzene ring substituents is 1. The number of halogens is 3. The zero-order valence-corrected chi connectivity index (χ0v) is 13.8. The summed E-state index contributed by atoms with van der Waals surface area (Å²) in [4.78, 5) is 14.5. The van der Waals surface area contributed by atoms with E-state index in [0.717, 1.165) is 12.1 Å². The van der Waals surface area contributed by atoms with Gasteiger partial charge in [0.15, 0.2) is 5.82 Å². The Bertz CT molecular complexity index is 938. The highest BCUT2D eigenvalue weighted by molar-refractivity contribution is 5.56. The lowest BCUT2D eigenvalue weighted by molar-refractivity contribution is -0.384. The molecule has 0 fully saturated rings. The first kappa shape index (κ1) is 18.4. The van der Waals surface area contributed by atoms with Crippen LogP contribution in [0.15, 0.2) is 48.5 Å². The van der Waals surface area contributed by atoms with E-state index in [-0.39, 0.29) is 5.69 Å². The van der Waals surface area contributed by atoms with Gasteiger partial charge in [0.05, 0.1) is 10.5 Å². The molecule has 3 rings (SSSR count). The Balaban J connectivity index is 1.59. The molecule has 2 N–H and O–H groups in total. The van der Waals surface area contributed by atoms with Crippen molar-refractivity contribution in [2.75, 3.05) is 11.9 Å². The molecule has 3 aromatic rings. The molecule has 1 heterocycles. The largest absolute Gasteiger partial charge is 0.416 e. The first-order chi connectivity index (χ1) is 12.8. The third-order valence-electron chi connectivity index (χ3n) is 3.75. The molecule has 0 saturated heterocycles. The fraction of sp³-hybridized carbons (Fsp3) is 0.176. The standard InChI is InChI=1S/C17H14F3N5O2/c18-17(19,20)12-2-1-3-13(10-12)21-9-8-15-22-16(24-23-15)11-4-6-14(7-5-11)25(26)27/h1-7,10,21H,8-9H2,(H,22,23,24). The molecular weight excluding hydrogens is 363 g/mol. The third kappa shape index (κ3) is 4.60. The number of benzene rings is 2. The molecule has 0 spiro atoms. The predicted molar refractivity (Wildman–Crippen MR) is 92.1 cm³/mol. The number of nitrogens with zero attached hydrogens (tertiary/aromatic N) is 3. The zero-order valence-electron chi connectivity index (χ0n) is 13.8. The lowest BCUT2D eigenvalue weighted by atomic mass is 10.2. The quantitative estimate of drug-likeness (QED) is 0.499. The van der Waals surface area contributed by atoms with Crippen molar-refractivity contribution in [1.82, 2.24) is 15.2 Å². The average molecular weight is 377 g/mol. The molecule has 7 nitrogen and oxygen atoms in total. The number of non-ortho nitro benzene ring substituents is 1. The number of aromatic nitrogens is 3. The molecule has 0 aliphatic heterocycles. The summed E-state index contributed by atoms with van der Waals surface area (Å²) in [5.74, 6) is 0.932. The van der Waals surface area contributed by atoms with Crippen LogP contribution in [0.25, 0.3) is 11.4 Å². The summed E-state index contributed by atoms with van der Waals surface area (Å²) in [5.41, 5.74) is 0.237. The van der Waals surface area contributed by atoms with Gasteiger partial charge < -0.3 is 5.32 Å². The van der Waals surface area contributed by atoms with Crippen LogP contribution in [0.5, 0.6) is 0 Å². The maximum atomic E-state index is 12.7. The molecule has 10 heteroatoms. The number of hydrogen-bond donors (Lipinski definition) is 2. The summed E-state index contributed by atoms with van der Waals surface area (Å²) in [7, 11) is 0. The molecular formula is C17H14F3N5O2. The molecule has 0 amide bonds. The van der Waals surface area contributed by atoms with Crippen molar-refractivity contribution in [2.24, 2.45) is 0 Å². The van der Waals surface area contributed by atoms with Crippen molar-refractivity contribution in [1.29, 1.82) is 0 Å². The van der Waals surface area contributed by atoms with Crippen molar-refractivity contribution in [3.05, 3.63) is 70.0 Å². The van der Waals surface area contributed by atoms with Gasteiger partial charge in [-0.2, -0.15) is 18.3 Å². The van der Waals surface area contributed by atoms with Crippen molar-refractivity contribution in [3.8, 4) is 11.4 Å². The van der Waals surface area contributed by atoms with Crippen LogP contribution in [0, 0.1) is 10.1 Å². The van der Waals surface area contributed by atoms with Crippen LogP contribution in [0.3, 0.4) is 0 Å². The second-order valence-electron chi connectivity index (χ2n) is 5.67. The Morgan fingerprint density at radius 2 is 1.89 bits per heavy atom. The van der Waals surface area contributed by atoms with E-state index in [1.165, 1.54) is 18.2 Å². The van der Waals surface area contributed by atoms with E-state index in [4.69, 9.17) is 0 Å². The zero-order chi connectivity index (χ0) is 19.4. The minimum Gasteiger partial charge on any atom is -0.385 e. The minimum atomic E-state index is -4.39. The van der Waals surface area contributed by atoms with E-state index in [1.807, 2.05) is 0 Å². The summed E-state index contributed by atoms with van der Waals surface area (Å²) in [6.07, 6.45) is -3.97. The Labute approximate surface area is 151 Å². The first-order valence-corrected chi connectivity index (χ1v) is 7.90. The first-order valence-electron chi connectivity index (χ1n) is 7.90. The van der Waals surface area contributed by atoms with Crippen molar-refractivity contribution in [2.45, 2.75) is 12.6 Å². The maximum absolute atomic E-state index is 12.7. The number of hydrogen-bond acceptors (Lipinski definition) is 5. The number of rotatable bonds is 6. The van der Waals surface area contributed by atoms with E-state index in [1.54, 1.807) is 18.2 Å². The molecule has 0 saturated carbocycles. The van der Waals surface area contributed by atoms with Crippen molar-refractivity contribution in [3.63, 3.8) is 0 Å². The normalized spacial score (nSPS) is 11.4. The maximum Gasteiger partial charge on any atom is 0.416 e. The summed E-state index contributed by atoms with van der Waals surface area (Å²) in [5, 5.41) is 20.4. The van der Waals surface area contributed by atoms with Gasteiger partial charge in [-0.15, -0.1) is 0 Å². The van der Waals surface area contributed by atoms with Crippen molar-refractivity contribution >= 4 is 11.4 Å². The number of nitro groups is 1. The molecule has 27 heavy (non-hydrogen) atoms. The van der Waals surface area contributed by atoms with Crippen LogP contribution in [0.2, 0.25) is 0 Å². The fourth-order valence-electron chi connectivity index (χ4n) is 2.40. The summed E-state index contributed by atoms with van der Waals surface area (Å²) >= 11 is 0. The summed E-state index contributed by atoms with van der Waals surface area (Å²) < 4.78 is 38.1. The van der Waals surface area contributed by atoms with E-state index < -0.39 is 16.7 Å². The fourth-order valence-corrected chi connectivity index (χ4v) is 2.40. The highest BCUT2D eigenvalue weighted by Gasteiger charge is 2.30. The van der Waals surface area contributed by atoms with Gasteiger partial charge in [-0.1, -0.05) is 6.07 Å². The number of anilines is 1. The van der Waals surface area contributed by atoms with Gasteiger partial charge in [0.1, 0.15) is 5.82 Å². The number of nitrogens with one attached hydrogen (secondary N) is 2. The average Bonchev–Trinajstić information content (AvgIpc) is 3.10. The SMILES string of the molecule is O=[N+]([O-])c1ccc(-c2n[nH]c(CCNc3cccc(C(F)(F)F)c3)n2)cc1. The molecule has 2 aromatic carbocycles. The van der Waals surface area contributed by atoms with Gasteiger partial charge in [0.25, 0.3) is 5.69 Å². The predicted octanol–water partition coefficient (Wildman–Crippen LogP) is 4.05. The summed E-state index contributed by atoms with van der Waals surface area (Å²) in [6, 6.07) is 10.8. The minimum absolute atomic E-state index is 0.0280. The van der Waals surface area contributed by atoms with E-state index >= 15 is 0 Å². The molecule has 0 radical (unpaired) electrons. The Kier molecular flexibility index (Phi) is 5.06. The van der Waals surface area contributed by atoms with Crippen LogP contribution in [0.4, 0.5) is 24.5 Å². The molecule has 140 valence electrons. The molecule has 0 unspecified atom stereocenters. The van der Waals surface area contributed by atoms with Gasteiger partial charge in [-0.3, -0.25) is 15.2 Å². The second-order valence-corrected chi connectivity index (χ2v) is 5.67. The lowest BCUT2D eigenvalue weighted by Gasteiger charge is -2.10. The lowest BCUT2D eigenvalue weighted by Crippen LogP contribution is -2.09. The molecule has 0 aliphatic rings. The number of H-pyrrole nitrogens is 1. The Morgan fingerprint density at radius 3 is 2.56 bits per heavy atom. The molecule has 0 atom stereocenters. The smallest absolute Gasteiger partial charge is 0.385 e. The Hall–Kier alpha value is -3.43. The molecule has 0 aliphatic carbocycles. The van der Waals surface area contributed by atoms with E-state index in [0.29, 0.717) is 35.9 Å². The molecule has 0 bridgehead atoms. The van der Waals surface area contributed by atoms with Gasteiger partial charge in [-0.25, -0.2) is 4.98 Å². The summed E-state index contributed by atoms with van der Waals surface area (Å²) in [6.45, 7) is 0.357. The molecule has 1 aromatic heterocycles. The third-order valence-corrected chi connectivity index (χ3v) is 3.75. The number of alkyl halides is 3. The van der Waals surface area contributed by atoms with E-state index in [2.05, 4.69) is 20.5 Å². The van der Waals surface area contributed by atoms with Crippen LogP contribution in [0.1, 0.15) is 11.4 Å². The van der Waals surface area contributed by atoms with Gasteiger partial charge in [-0.05, 0) is 30.3 Å². The van der Waals surface area contributed by atoms with Crippen LogP contribution >= 0.6 is 0 Å². The second kappa shape index (κ2) is 7.44. The van der Waals surface area contributed by atoms with Crippen LogP contribution in [-0.4, -0.2) is 26.6 Å². The number of aromatic amines is 1. The topological polar surface area (TPSA) is 96.7 Å². The van der Waals surface area contributed by atoms with Crippen LogP contribution in [-0.2, 0) is 12.6 Å². The highest BCUT2D eigenvalue weighted by Crippen LogP contribution is 2.30. The van der Waals surface area contributed by atoms with Crippen LogP contribution < -0.4 is 5.32 Å². The van der Waals surface area contributed by atoms with Crippen molar-refractivity contribution < 1.29 is 18.1 Å². The van der Waals surface area contributed by atoms with E-state index in [9.17, 15) is 23.3 Å². The van der Waals surface area contributed by atoms with Gasteiger partial charge in [0, 0.05) is 36.3 Å². The van der Waals surface area contributed by atoms with Gasteiger partial charge >= 0.3 is 6.18 Å². The monoisotopic (exact) mass is 377 g/mol. The highest BCUT2D eigenvalue weighted by atomic mass is 19.4. The Morgan fingerprint density at radius 1 is 1.15 bits per heavy atom. The van der Waals surface area contributed by atoms with Gasteiger partial charge in [0.2, 0.25) is 0 Å².